The van der Waals surface area contributed by atoms with E-state index in [9.17, 15) is 4.79 Å². The first-order valence-corrected chi connectivity index (χ1v) is 11.6. The van der Waals surface area contributed by atoms with Gasteiger partial charge in [0.25, 0.3) is 5.91 Å². The lowest BCUT2D eigenvalue weighted by atomic mass is 9.47. The van der Waals surface area contributed by atoms with Crippen LogP contribution in [0.2, 0.25) is 5.02 Å². The number of hydrogen-bond donors (Lipinski definition) is 1. The second kappa shape index (κ2) is 7.92. The van der Waals surface area contributed by atoms with E-state index in [1.807, 2.05) is 12.1 Å². The Morgan fingerprint density at radius 2 is 1.80 bits per heavy atom. The van der Waals surface area contributed by atoms with Crippen LogP contribution in [0.1, 0.15) is 62.4 Å². The van der Waals surface area contributed by atoms with Crippen LogP contribution in [-0.4, -0.2) is 21.7 Å². The first-order valence-electron chi connectivity index (χ1n) is 11.3. The maximum Gasteiger partial charge on any atom is 0.269 e. The SMILES string of the molecule is CCC(NC(=O)c1ccnn1COc1ccc(Cl)cc1)C12CC3CC(CC(C3)C1)C2. The van der Waals surface area contributed by atoms with E-state index in [4.69, 9.17) is 16.3 Å². The molecule has 6 rings (SSSR count). The maximum absolute atomic E-state index is 13.2. The van der Waals surface area contributed by atoms with E-state index in [0.717, 1.165) is 24.2 Å². The molecule has 5 nitrogen and oxygen atoms in total. The molecule has 1 N–H and O–H groups in total. The Kier molecular flexibility index (Phi) is 5.26. The number of halogens is 1. The van der Waals surface area contributed by atoms with Gasteiger partial charge in [-0.25, -0.2) is 4.68 Å². The molecule has 4 fully saturated rings. The molecule has 0 spiro atoms. The zero-order valence-corrected chi connectivity index (χ0v) is 18.3. The van der Waals surface area contributed by atoms with Crippen LogP contribution in [0.4, 0.5) is 0 Å². The number of hydrogen-bond acceptors (Lipinski definition) is 3. The summed E-state index contributed by atoms with van der Waals surface area (Å²) >= 11 is 5.93. The third-order valence-corrected chi connectivity index (χ3v) is 7.91. The Bertz CT molecular complexity index is 872. The first kappa shape index (κ1) is 19.9. The summed E-state index contributed by atoms with van der Waals surface area (Å²) < 4.78 is 7.41. The van der Waals surface area contributed by atoms with Crippen molar-refractivity contribution in [2.75, 3.05) is 0 Å². The van der Waals surface area contributed by atoms with Crippen molar-refractivity contribution in [2.45, 2.75) is 64.6 Å². The van der Waals surface area contributed by atoms with Gasteiger partial charge >= 0.3 is 0 Å². The molecular formula is C24H30ClN3O2. The summed E-state index contributed by atoms with van der Waals surface area (Å²) in [5.41, 5.74) is 0.844. The standard InChI is InChI=1S/C24H30ClN3O2/c1-2-22(24-12-16-9-17(13-24)11-18(10-16)14-24)27-23(29)21-7-8-26-28(21)15-30-20-5-3-19(25)4-6-20/h3-8,16-18,22H,2,9-15H2,1H3,(H,27,29). The van der Waals surface area contributed by atoms with Gasteiger partial charge in [-0.1, -0.05) is 18.5 Å². The van der Waals surface area contributed by atoms with Gasteiger partial charge in [0.1, 0.15) is 11.4 Å². The van der Waals surface area contributed by atoms with Crippen LogP contribution in [0.5, 0.6) is 5.75 Å². The number of ether oxygens (including phenoxy) is 1. The van der Waals surface area contributed by atoms with Gasteiger partial charge in [-0.2, -0.15) is 5.10 Å². The molecule has 160 valence electrons. The maximum atomic E-state index is 13.2. The number of aromatic nitrogens is 2. The van der Waals surface area contributed by atoms with Crippen molar-refractivity contribution in [2.24, 2.45) is 23.2 Å². The Morgan fingerprint density at radius 1 is 1.17 bits per heavy atom. The second-order valence-corrected chi connectivity index (χ2v) is 10.1. The van der Waals surface area contributed by atoms with Gasteiger partial charge in [0.2, 0.25) is 0 Å². The summed E-state index contributed by atoms with van der Waals surface area (Å²) in [6.45, 7) is 2.40. The molecule has 1 atom stereocenters. The van der Waals surface area contributed by atoms with Crippen LogP contribution in [0.15, 0.2) is 36.5 Å². The van der Waals surface area contributed by atoms with Crippen LogP contribution in [0, 0.1) is 23.2 Å². The minimum atomic E-state index is -0.0465. The van der Waals surface area contributed by atoms with Crippen molar-refractivity contribution in [1.82, 2.24) is 15.1 Å². The fourth-order valence-corrected chi connectivity index (χ4v) is 6.95. The Morgan fingerprint density at radius 3 is 2.40 bits per heavy atom. The van der Waals surface area contributed by atoms with Crippen molar-refractivity contribution in [3.63, 3.8) is 0 Å². The molecule has 4 saturated carbocycles. The molecule has 0 radical (unpaired) electrons. The van der Waals surface area contributed by atoms with Crippen LogP contribution in [0.3, 0.4) is 0 Å². The highest BCUT2D eigenvalue weighted by Gasteiger charge is 2.54. The predicted octanol–water partition coefficient (Wildman–Crippen LogP) is 5.30. The molecule has 4 aliphatic rings. The van der Waals surface area contributed by atoms with Crippen LogP contribution in [-0.2, 0) is 6.73 Å². The smallest absolute Gasteiger partial charge is 0.269 e. The highest BCUT2D eigenvalue weighted by Crippen LogP contribution is 2.61. The largest absolute Gasteiger partial charge is 0.471 e. The molecule has 0 saturated heterocycles. The Balaban J connectivity index is 1.27. The highest BCUT2D eigenvalue weighted by atomic mass is 35.5. The number of amides is 1. The molecule has 1 aromatic carbocycles. The molecular weight excluding hydrogens is 398 g/mol. The monoisotopic (exact) mass is 427 g/mol. The van der Waals surface area contributed by atoms with E-state index in [2.05, 4.69) is 17.3 Å². The molecule has 1 aromatic heterocycles. The van der Waals surface area contributed by atoms with Gasteiger partial charge in [0, 0.05) is 17.3 Å². The van der Waals surface area contributed by atoms with Crippen molar-refractivity contribution in [1.29, 1.82) is 0 Å². The molecule has 30 heavy (non-hydrogen) atoms. The molecule has 1 amide bonds. The van der Waals surface area contributed by atoms with Gasteiger partial charge in [0.05, 0.1) is 0 Å². The molecule has 0 aliphatic heterocycles. The zero-order valence-electron chi connectivity index (χ0n) is 17.5. The topological polar surface area (TPSA) is 56.2 Å². The minimum absolute atomic E-state index is 0.0465. The van der Waals surface area contributed by atoms with E-state index in [0.29, 0.717) is 21.9 Å². The number of carbonyl (C=O) groups excluding carboxylic acids is 1. The average Bonchev–Trinajstić information content (AvgIpc) is 3.19. The van der Waals surface area contributed by atoms with E-state index in [1.54, 1.807) is 29.1 Å². The summed E-state index contributed by atoms with van der Waals surface area (Å²) in [5.74, 6) is 3.28. The summed E-state index contributed by atoms with van der Waals surface area (Å²) in [7, 11) is 0. The first-order chi connectivity index (χ1) is 14.5. The fourth-order valence-electron chi connectivity index (χ4n) is 6.82. The van der Waals surface area contributed by atoms with Gasteiger partial charge < -0.3 is 10.1 Å². The minimum Gasteiger partial charge on any atom is -0.471 e. The number of benzene rings is 1. The summed E-state index contributed by atoms with van der Waals surface area (Å²) in [5, 5.41) is 8.36. The Labute approximate surface area is 183 Å². The molecule has 4 bridgehead atoms. The number of carbonyl (C=O) groups is 1. The van der Waals surface area contributed by atoms with Gasteiger partial charge in [-0.3, -0.25) is 4.79 Å². The average molecular weight is 428 g/mol. The summed E-state index contributed by atoms with van der Waals surface area (Å²) in [6, 6.07) is 9.19. The number of nitrogens with zero attached hydrogens (tertiary/aromatic N) is 2. The molecule has 6 heteroatoms. The van der Waals surface area contributed by atoms with Crippen LogP contribution in [0.25, 0.3) is 0 Å². The second-order valence-electron chi connectivity index (χ2n) is 9.66. The van der Waals surface area contributed by atoms with Gasteiger partial charge in [-0.15, -0.1) is 0 Å². The van der Waals surface area contributed by atoms with Crippen molar-refractivity contribution < 1.29 is 9.53 Å². The van der Waals surface area contributed by atoms with E-state index < -0.39 is 0 Å². The normalized spacial score (nSPS) is 30.3. The van der Waals surface area contributed by atoms with E-state index in [-0.39, 0.29) is 18.7 Å². The highest BCUT2D eigenvalue weighted by molar-refractivity contribution is 6.30. The lowest BCUT2D eigenvalue weighted by molar-refractivity contribution is -0.0727. The van der Waals surface area contributed by atoms with Crippen LogP contribution >= 0.6 is 11.6 Å². The van der Waals surface area contributed by atoms with E-state index >= 15 is 0 Å². The zero-order chi connectivity index (χ0) is 20.7. The number of rotatable bonds is 7. The summed E-state index contributed by atoms with van der Waals surface area (Å²) in [4.78, 5) is 13.2. The quantitative estimate of drug-likeness (QED) is 0.652. The molecule has 1 unspecified atom stereocenters. The van der Waals surface area contributed by atoms with Crippen molar-refractivity contribution in [3.8, 4) is 5.75 Å². The van der Waals surface area contributed by atoms with Crippen molar-refractivity contribution in [3.05, 3.63) is 47.2 Å². The third kappa shape index (κ3) is 3.73. The number of nitrogens with one attached hydrogen (secondary N) is 1. The molecule has 1 heterocycles. The lowest BCUT2D eigenvalue weighted by Gasteiger charge is -2.59. The summed E-state index contributed by atoms with van der Waals surface area (Å²) in [6.07, 6.45) is 10.7. The van der Waals surface area contributed by atoms with Crippen LogP contribution < -0.4 is 10.1 Å². The third-order valence-electron chi connectivity index (χ3n) is 7.65. The Hall–Kier alpha value is -2.01. The predicted molar refractivity (Wildman–Crippen MR) is 116 cm³/mol. The lowest BCUT2D eigenvalue weighted by Crippen LogP contribution is -2.56. The molecule has 2 aromatic rings. The van der Waals surface area contributed by atoms with Gasteiger partial charge in [0.15, 0.2) is 6.73 Å². The fraction of sp³-hybridized carbons (Fsp3) is 0.583. The van der Waals surface area contributed by atoms with Crippen molar-refractivity contribution >= 4 is 17.5 Å². The van der Waals surface area contributed by atoms with E-state index in [1.165, 1.54) is 38.5 Å². The van der Waals surface area contributed by atoms with Gasteiger partial charge in [-0.05, 0) is 98.4 Å². The molecule has 4 aliphatic carbocycles.